The third kappa shape index (κ3) is 2.99. The van der Waals surface area contributed by atoms with Crippen molar-refractivity contribution < 1.29 is 14.3 Å². The Labute approximate surface area is 124 Å². The molecule has 1 aliphatic heterocycles. The quantitative estimate of drug-likeness (QED) is 0.897. The molecule has 0 aromatic heterocycles. The minimum Gasteiger partial charge on any atom is -0.374 e. The zero-order valence-corrected chi connectivity index (χ0v) is 12.2. The highest BCUT2D eigenvalue weighted by Gasteiger charge is 2.25. The summed E-state index contributed by atoms with van der Waals surface area (Å²) < 4.78 is 5.63. The Kier molecular flexibility index (Phi) is 4.03. The highest BCUT2D eigenvalue weighted by Crippen LogP contribution is 2.25. The van der Waals surface area contributed by atoms with Gasteiger partial charge in [-0.05, 0) is 25.1 Å². The van der Waals surface area contributed by atoms with E-state index in [1.807, 2.05) is 7.05 Å². The number of nitrogens with one attached hydrogen (secondary N) is 1. The predicted octanol–water partition coefficient (Wildman–Crippen LogP) is 0.876. The molecule has 1 aromatic rings. The van der Waals surface area contributed by atoms with Crippen LogP contribution < -0.4 is 5.32 Å². The third-order valence-electron chi connectivity index (χ3n) is 4.16. The largest absolute Gasteiger partial charge is 0.374 e. The topological polar surface area (TPSA) is 58.6 Å². The third-order valence-corrected chi connectivity index (χ3v) is 4.16. The molecule has 0 bridgehead atoms. The van der Waals surface area contributed by atoms with Gasteiger partial charge in [0, 0.05) is 37.2 Å². The Morgan fingerprint density at radius 2 is 2.29 bits per heavy atom. The number of nitrogens with zero attached hydrogens (tertiary/aromatic N) is 1. The Bertz CT molecular complexity index is 571. The first-order valence-corrected chi connectivity index (χ1v) is 7.38. The average Bonchev–Trinajstić information content (AvgIpc) is 2.87. The van der Waals surface area contributed by atoms with Gasteiger partial charge in [0.15, 0.2) is 5.78 Å². The zero-order valence-electron chi connectivity index (χ0n) is 12.2. The van der Waals surface area contributed by atoms with Gasteiger partial charge in [-0.1, -0.05) is 12.1 Å². The Balaban J connectivity index is 1.65. The van der Waals surface area contributed by atoms with Gasteiger partial charge in [0.2, 0.25) is 0 Å². The Morgan fingerprint density at radius 3 is 3.10 bits per heavy atom. The van der Waals surface area contributed by atoms with Gasteiger partial charge in [0.25, 0.3) is 5.91 Å². The second kappa shape index (κ2) is 5.95. The van der Waals surface area contributed by atoms with Gasteiger partial charge in [0.1, 0.15) is 0 Å². The molecule has 1 N–H and O–H groups in total. The maximum absolute atomic E-state index is 12.3. The van der Waals surface area contributed by atoms with E-state index in [4.69, 9.17) is 4.74 Å². The van der Waals surface area contributed by atoms with Gasteiger partial charge >= 0.3 is 0 Å². The summed E-state index contributed by atoms with van der Waals surface area (Å²) in [6.07, 6.45) is 1.21. The second-order valence-electron chi connectivity index (χ2n) is 5.72. The molecule has 3 rings (SSSR count). The highest BCUT2D eigenvalue weighted by atomic mass is 16.5. The van der Waals surface area contributed by atoms with Gasteiger partial charge < -0.3 is 15.0 Å². The molecule has 0 spiro atoms. The minimum atomic E-state index is -0.113. The van der Waals surface area contributed by atoms with Crippen molar-refractivity contribution in [2.75, 3.05) is 33.3 Å². The van der Waals surface area contributed by atoms with Crippen LogP contribution >= 0.6 is 0 Å². The van der Waals surface area contributed by atoms with E-state index in [0.717, 1.165) is 18.7 Å². The van der Waals surface area contributed by atoms with Gasteiger partial charge in [0.05, 0.1) is 12.7 Å². The second-order valence-corrected chi connectivity index (χ2v) is 5.72. The summed E-state index contributed by atoms with van der Waals surface area (Å²) in [4.78, 5) is 26.3. The number of rotatable bonds is 3. The van der Waals surface area contributed by atoms with E-state index in [0.29, 0.717) is 37.1 Å². The molecule has 2 aliphatic rings. The van der Waals surface area contributed by atoms with Crippen molar-refractivity contribution in [1.29, 1.82) is 0 Å². The molecule has 5 nitrogen and oxygen atoms in total. The highest BCUT2D eigenvalue weighted by molar-refractivity contribution is 6.05. The number of likely N-dealkylation sites (N-methyl/N-ethyl adjacent to an activating group) is 1. The molecule has 1 aliphatic carbocycles. The van der Waals surface area contributed by atoms with Crippen molar-refractivity contribution in [3.8, 4) is 0 Å². The molecule has 0 saturated carbocycles. The van der Waals surface area contributed by atoms with Crippen LogP contribution in [-0.2, 0) is 11.2 Å². The van der Waals surface area contributed by atoms with E-state index in [9.17, 15) is 9.59 Å². The summed E-state index contributed by atoms with van der Waals surface area (Å²) in [6, 6.07) is 5.38. The van der Waals surface area contributed by atoms with Gasteiger partial charge in [-0.2, -0.15) is 0 Å². The number of morpholine rings is 1. The number of hydrogen-bond acceptors (Lipinski definition) is 4. The van der Waals surface area contributed by atoms with Gasteiger partial charge in [-0.25, -0.2) is 0 Å². The van der Waals surface area contributed by atoms with Crippen molar-refractivity contribution >= 4 is 11.7 Å². The first-order valence-electron chi connectivity index (χ1n) is 7.38. The lowest BCUT2D eigenvalue weighted by Gasteiger charge is -2.30. The molecular weight excluding hydrogens is 268 g/mol. The number of carbonyl (C=O) groups excluding carboxylic acids is 2. The maximum Gasteiger partial charge on any atom is 0.251 e. The number of fused-ring (bicyclic) bond motifs is 1. The van der Waals surface area contributed by atoms with E-state index in [-0.39, 0.29) is 17.8 Å². The smallest absolute Gasteiger partial charge is 0.251 e. The molecule has 112 valence electrons. The first-order chi connectivity index (χ1) is 10.1. The summed E-state index contributed by atoms with van der Waals surface area (Å²) >= 11 is 0. The number of benzene rings is 1. The van der Waals surface area contributed by atoms with E-state index < -0.39 is 0 Å². The molecule has 21 heavy (non-hydrogen) atoms. The van der Waals surface area contributed by atoms with E-state index >= 15 is 0 Å². The van der Waals surface area contributed by atoms with Gasteiger partial charge in [-0.3, -0.25) is 9.59 Å². The number of amides is 1. The molecule has 5 heteroatoms. The number of Topliss-reactive ketones (excluding diaryl/α,β-unsaturated/α-hetero) is 1. The lowest BCUT2D eigenvalue weighted by Crippen LogP contribution is -2.46. The summed E-state index contributed by atoms with van der Waals surface area (Å²) in [7, 11) is 2.05. The van der Waals surface area contributed by atoms with E-state index in [2.05, 4.69) is 10.2 Å². The summed E-state index contributed by atoms with van der Waals surface area (Å²) in [5.41, 5.74) is 2.22. The van der Waals surface area contributed by atoms with Crippen LogP contribution in [0.4, 0.5) is 0 Å². The number of ketones is 1. The summed E-state index contributed by atoms with van der Waals surface area (Å²) in [5, 5.41) is 2.93. The Hall–Kier alpha value is -1.72. The molecule has 1 heterocycles. The standard InChI is InChI=1S/C16H20N2O3/c1-18-7-8-21-11(10-18)9-17-16(20)14-4-2-3-13-12(14)5-6-15(13)19/h2-4,11H,5-10H2,1H3,(H,17,20)/t11-/m1/s1. The zero-order chi connectivity index (χ0) is 14.8. The minimum absolute atomic E-state index is 0.0334. The number of hydrogen-bond donors (Lipinski definition) is 1. The van der Waals surface area contributed by atoms with Crippen molar-refractivity contribution in [3.63, 3.8) is 0 Å². The van der Waals surface area contributed by atoms with Crippen LogP contribution in [0.5, 0.6) is 0 Å². The first kappa shape index (κ1) is 14.2. The molecule has 1 atom stereocenters. The Morgan fingerprint density at radius 1 is 1.43 bits per heavy atom. The van der Waals surface area contributed by atoms with Crippen molar-refractivity contribution in [3.05, 3.63) is 34.9 Å². The van der Waals surface area contributed by atoms with Crippen LogP contribution in [0.2, 0.25) is 0 Å². The predicted molar refractivity (Wildman–Crippen MR) is 78.7 cm³/mol. The summed E-state index contributed by atoms with van der Waals surface area (Å²) in [5.74, 6) is 0.0234. The van der Waals surface area contributed by atoms with Crippen molar-refractivity contribution in [1.82, 2.24) is 10.2 Å². The average molecular weight is 288 g/mol. The van der Waals surface area contributed by atoms with Crippen LogP contribution in [0.25, 0.3) is 0 Å². The van der Waals surface area contributed by atoms with Crippen LogP contribution in [0.15, 0.2) is 18.2 Å². The molecule has 1 amide bonds. The van der Waals surface area contributed by atoms with E-state index in [1.54, 1.807) is 18.2 Å². The van der Waals surface area contributed by atoms with Crippen molar-refractivity contribution in [2.45, 2.75) is 18.9 Å². The normalized spacial score (nSPS) is 22.1. The fourth-order valence-corrected chi connectivity index (χ4v) is 3.00. The summed E-state index contributed by atoms with van der Waals surface area (Å²) in [6.45, 7) is 2.96. The fraction of sp³-hybridized carbons (Fsp3) is 0.500. The van der Waals surface area contributed by atoms with Gasteiger partial charge in [-0.15, -0.1) is 0 Å². The lowest BCUT2D eigenvalue weighted by molar-refractivity contribution is -0.0175. The molecular formula is C16H20N2O3. The van der Waals surface area contributed by atoms with E-state index in [1.165, 1.54) is 0 Å². The van der Waals surface area contributed by atoms with Crippen molar-refractivity contribution in [2.24, 2.45) is 0 Å². The molecule has 1 saturated heterocycles. The molecule has 0 radical (unpaired) electrons. The maximum atomic E-state index is 12.3. The number of ether oxygens (including phenoxy) is 1. The lowest BCUT2D eigenvalue weighted by atomic mass is 10.0. The monoisotopic (exact) mass is 288 g/mol. The van der Waals surface area contributed by atoms with Crippen LogP contribution in [0, 0.1) is 0 Å². The SMILES string of the molecule is CN1CCO[C@H](CNC(=O)c2cccc3c2CCC3=O)C1. The number of carbonyl (C=O) groups is 2. The molecule has 1 fully saturated rings. The molecule has 0 unspecified atom stereocenters. The van der Waals surface area contributed by atoms with Crippen LogP contribution in [0.1, 0.15) is 32.7 Å². The van der Waals surface area contributed by atoms with Crippen LogP contribution in [-0.4, -0.2) is 56.0 Å². The molecule has 1 aromatic carbocycles. The fourth-order valence-electron chi connectivity index (χ4n) is 3.00. The van der Waals surface area contributed by atoms with Crippen LogP contribution in [0.3, 0.4) is 0 Å².